The van der Waals surface area contributed by atoms with Crippen LogP contribution in [0.3, 0.4) is 0 Å². The van der Waals surface area contributed by atoms with Gasteiger partial charge in [0.2, 0.25) is 11.8 Å². The molecule has 3 fully saturated rings. The number of hydrogen-bond acceptors (Lipinski definition) is 3. The van der Waals surface area contributed by atoms with Gasteiger partial charge < -0.3 is 14.9 Å². The molecular weight excluding hydrogens is 472 g/mol. The first kappa shape index (κ1) is 28.4. The van der Waals surface area contributed by atoms with Crippen LogP contribution in [0.4, 0.5) is 0 Å². The molecule has 0 bridgehead atoms. The number of aliphatic hydroxyl groups excluding tert-OH is 1. The van der Waals surface area contributed by atoms with Crippen LogP contribution in [0.5, 0.6) is 0 Å². The third-order valence-corrected chi connectivity index (χ3v) is 9.87. The van der Waals surface area contributed by atoms with E-state index in [0.29, 0.717) is 38.0 Å². The zero-order valence-electron chi connectivity index (χ0n) is 23.8. The monoisotopic (exact) mass is 518 g/mol. The fourth-order valence-electron chi connectivity index (χ4n) is 7.43. The highest BCUT2D eigenvalue weighted by molar-refractivity contribution is 5.92. The molecule has 5 nitrogen and oxygen atoms in total. The standard InChI is InChI=1S/C33H46N2O3/c1-24(11-14-27-25(2)12-15-28-32(3,4)29(36)17-18-33(27,28)5)23-31(38)35-21-19-34(20-22-35)30(37)16-13-26-9-7-6-8-10-26/h6-10,13,16,23,27-29,36H,2,11-12,14-15,17-22H2,1,3-5H3/b16-13?,24-23+/t27-,28-,29-,33+/m1/s1. The van der Waals surface area contributed by atoms with Gasteiger partial charge in [-0.2, -0.15) is 0 Å². The highest BCUT2D eigenvalue weighted by Crippen LogP contribution is 2.61. The maximum Gasteiger partial charge on any atom is 0.246 e. The van der Waals surface area contributed by atoms with Crippen LogP contribution in [0.1, 0.15) is 71.8 Å². The van der Waals surface area contributed by atoms with Gasteiger partial charge in [-0.1, -0.05) is 68.8 Å². The first-order chi connectivity index (χ1) is 18.0. The number of allylic oxidation sites excluding steroid dienone is 2. The van der Waals surface area contributed by atoms with E-state index in [0.717, 1.165) is 49.7 Å². The number of nitrogens with zero attached hydrogens (tertiary/aromatic N) is 2. The number of benzene rings is 1. The summed E-state index contributed by atoms with van der Waals surface area (Å²) in [6.45, 7) is 15.7. The SMILES string of the molecule is C=C1CC[C@@H]2C(C)(C)[C@H](O)CC[C@@]2(C)[C@@H]1CC/C(C)=C/C(=O)N1CCN(C(=O)C=Cc2ccccc2)CC1. The van der Waals surface area contributed by atoms with Crippen molar-refractivity contribution in [2.24, 2.45) is 22.7 Å². The first-order valence-electron chi connectivity index (χ1n) is 14.4. The number of piperazine rings is 1. The van der Waals surface area contributed by atoms with Gasteiger partial charge in [-0.15, -0.1) is 0 Å². The minimum atomic E-state index is -0.234. The lowest BCUT2D eigenvalue weighted by Gasteiger charge is -2.59. The Kier molecular flexibility index (Phi) is 8.66. The fourth-order valence-corrected chi connectivity index (χ4v) is 7.43. The summed E-state index contributed by atoms with van der Waals surface area (Å²) in [7, 11) is 0. The van der Waals surface area contributed by atoms with Crippen molar-refractivity contribution < 1.29 is 14.7 Å². The number of carbonyl (C=O) groups excluding carboxylic acids is 2. The minimum absolute atomic E-state index is 0.00871. The van der Waals surface area contributed by atoms with Crippen molar-refractivity contribution in [3.63, 3.8) is 0 Å². The Morgan fingerprint density at radius 2 is 1.66 bits per heavy atom. The van der Waals surface area contributed by atoms with Gasteiger partial charge in [-0.05, 0) is 79.8 Å². The third-order valence-electron chi connectivity index (χ3n) is 9.87. The fraction of sp³-hybridized carbons (Fsp3) is 0.576. The van der Waals surface area contributed by atoms with Gasteiger partial charge in [0.25, 0.3) is 0 Å². The molecule has 1 aromatic carbocycles. The summed E-state index contributed by atoms with van der Waals surface area (Å²) in [6.07, 6.45) is 10.9. The molecule has 0 aromatic heterocycles. The zero-order valence-corrected chi connectivity index (χ0v) is 23.8. The molecule has 206 valence electrons. The summed E-state index contributed by atoms with van der Waals surface area (Å²) < 4.78 is 0. The molecular formula is C33H46N2O3. The maximum absolute atomic E-state index is 13.0. The molecule has 3 aliphatic rings. The van der Waals surface area contributed by atoms with Crippen LogP contribution in [-0.2, 0) is 9.59 Å². The Labute approximate surface area is 229 Å². The van der Waals surface area contributed by atoms with Crippen molar-refractivity contribution in [2.45, 2.75) is 72.3 Å². The van der Waals surface area contributed by atoms with Crippen LogP contribution in [0, 0.1) is 22.7 Å². The van der Waals surface area contributed by atoms with Crippen LogP contribution in [0.25, 0.3) is 6.08 Å². The highest BCUT2D eigenvalue weighted by atomic mass is 16.3. The lowest BCUT2D eigenvalue weighted by Crippen LogP contribution is -2.54. The van der Waals surface area contributed by atoms with Crippen molar-refractivity contribution in [3.05, 3.63) is 65.8 Å². The first-order valence-corrected chi connectivity index (χ1v) is 14.4. The third kappa shape index (κ3) is 5.98. The van der Waals surface area contributed by atoms with Gasteiger partial charge in [0, 0.05) is 38.3 Å². The molecule has 4 atom stereocenters. The number of fused-ring (bicyclic) bond motifs is 1. The number of carbonyl (C=O) groups is 2. The summed E-state index contributed by atoms with van der Waals surface area (Å²) in [5.41, 5.74) is 3.53. The van der Waals surface area contributed by atoms with E-state index in [1.165, 1.54) is 5.57 Å². The summed E-state index contributed by atoms with van der Waals surface area (Å²) in [4.78, 5) is 29.3. The Balaban J connectivity index is 1.29. The van der Waals surface area contributed by atoms with Crippen molar-refractivity contribution in [1.82, 2.24) is 9.80 Å². The van der Waals surface area contributed by atoms with Crippen LogP contribution in [0.15, 0.2) is 60.2 Å². The largest absolute Gasteiger partial charge is 0.393 e. The molecule has 2 amide bonds. The van der Waals surface area contributed by atoms with Gasteiger partial charge in [0.05, 0.1) is 6.10 Å². The second-order valence-electron chi connectivity index (χ2n) is 12.6. The number of amides is 2. The molecule has 4 rings (SSSR count). The van der Waals surface area contributed by atoms with Gasteiger partial charge in [-0.25, -0.2) is 0 Å². The van der Waals surface area contributed by atoms with Crippen LogP contribution in [-0.4, -0.2) is 59.0 Å². The molecule has 1 aromatic rings. The molecule has 1 aliphatic heterocycles. The lowest BCUT2D eigenvalue weighted by molar-refractivity contribution is -0.134. The van der Waals surface area contributed by atoms with E-state index in [1.54, 1.807) is 12.2 Å². The van der Waals surface area contributed by atoms with Gasteiger partial charge >= 0.3 is 0 Å². The molecule has 38 heavy (non-hydrogen) atoms. The smallest absolute Gasteiger partial charge is 0.246 e. The highest BCUT2D eigenvalue weighted by Gasteiger charge is 2.55. The summed E-state index contributed by atoms with van der Waals surface area (Å²) in [5, 5.41) is 10.7. The van der Waals surface area contributed by atoms with E-state index < -0.39 is 0 Å². The van der Waals surface area contributed by atoms with Crippen molar-refractivity contribution in [1.29, 1.82) is 0 Å². The molecule has 1 heterocycles. The van der Waals surface area contributed by atoms with Crippen LogP contribution in [0.2, 0.25) is 0 Å². The molecule has 1 saturated heterocycles. The number of aliphatic hydroxyl groups is 1. The quantitative estimate of drug-likeness (QED) is 0.379. The van der Waals surface area contributed by atoms with Gasteiger partial charge in [-0.3, -0.25) is 9.59 Å². The average molecular weight is 519 g/mol. The molecule has 0 radical (unpaired) electrons. The Morgan fingerprint density at radius 3 is 2.32 bits per heavy atom. The predicted molar refractivity (Wildman–Crippen MR) is 154 cm³/mol. The van der Waals surface area contributed by atoms with Crippen molar-refractivity contribution >= 4 is 17.9 Å². The summed E-state index contributed by atoms with van der Waals surface area (Å²) >= 11 is 0. The topological polar surface area (TPSA) is 60.9 Å². The molecule has 1 N–H and O–H groups in total. The molecule has 2 aliphatic carbocycles. The molecule has 2 saturated carbocycles. The Hall–Kier alpha value is -2.66. The van der Waals surface area contributed by atoms with Gasteiger partial charge in [0.1, 0.15) is 0 Å². The molecule has 0 unspecified atom stereocenters. The van der Waals surface area contributed by atoms with Crippen molar-refractivity contribution in [2.75, 3.05) is 26.2 Å². The summed E-state index contributed by atoms with van der Waals surface area (Å²) in [5.74, 6) is 0.945. The normalized spacial score (nSPS) is 29.9. The minimum Gasteiger partial charge on any atom is -0.393 e. The second-order valence-corrected chi connectivity index (χ2v) is 12.6. The Bertz CT molecular complexity index is 1080. The predicted octanol–water partition coefficient (Wildman–Crippen LogP) is 5.87. The van der Waals surface area contributed by atoms with E-state index >= 15 is 0 Å². The number of hydrogen-bond donors (Lipinski definition) is 1. The second kappa shape index (κ2) is 11.6. The van der Waals surface area contributed by atoms with Gasteiger partial charge in [0.15, 0.2) is 0 Å². The maximum atomic E-state index is 13.0. The van der Waals surface area contributed by atoms with E-state index in [2.05, 4.69) is 34.3 Å². The van der Waals surface area contributed by atoms with E-state index in [4.69, 9.17) is 0 Å². The molecule has 5 heteroatoms. The van der Waals surface area contributed by atoms with E-state index in [1.807, 2.05) is 46.2 Å². The van der Waals surface area contributed by atoms with Crippen LogP contribution < -0.4 is 0 Å². The zero-order chi connectivity index (χ0) is 27.5. The number of rotatable bonds is 6. The Morgan fingerprint density at radius 1 is 1.03 bits per heavy atom. The lowest BCUT2D eigenvalue weighted by atomic mass is 9.46. The van der Waals surface area contributed by atoms with E-state index in [9.17, 15) is 14.7 Å². The summed E-state index contributed by atoms with van der Waals surface area (Å²) in [6, 6.07) is 9.80. The molecule has 0 spiro atoms. The van der Waals surface area contributed by atoms with Crippen LogP contribution >= 0.6 is 0 Å². The van der Waals surface area contributed by atoms with E-state index in [-0.39, 0.29) is 28.7 Å². The van der Waals surface area contributed by atoms with Crippen molar-refractivity contribution in [3.8, 4) is 0 Å². The average Bonchev–Trinajstić information content (AvgIpc) is 2.90.